The lowest BCUT2D eigenvalue weighted by molar-refractivity contribution is -0.0234. The minimum atomic E-state index is -3.09. The van der Waals surface area contributed by atoms with Gasteiger partial charge in [0.2, 0.25) is 10.0 Å². The zero-order valence-corrected chi connectivity index (χ0v) is 15.3. The maximum atomic E-state index is 11.7. The Morgan fingerprint density at radius 2 is 1.88 bits per heavy atom. The van der Waals surface area contributed by atoms with Crippen molar-refractivity contribution in [3.63, 3.8) is 0 Å². The average molecular weight is 355 g/mol. The molecule has 2 aliphatic rings. The Kier molecular flexibility index (Phi) is 5.03. The van der Waals surface area contributed by atoms with Crippen LogP contribution < -0.4 is 9.47 Å². The van der Waals surface area contributed by atoms with E-state index >= 15 is 0 Å². The average Bonchev–Trinajstić information content (AvgIpc) is 2.59. The maximum Gasteiger partial charge on any atom is 0.211 e. The number of fused-ring (bicyclic) bond motifs is 1. The van der Waals surface area contributed by atoms with Gasteiger partial charge in [-0.3, -0.25) is 0 Å². The van der Waals surface area contributed by atoms with E-state index in [-0.39, 0.29) is 6.10 Å². The summed E-state index contributed by atoms with van der Waals surface area (Å²) in [6.45, 7) is 1.71. The minimum Gasteiger partial charge on any atom is -0.493 e. The highest BCUT2D eigenvalue weighted by molar-refractivity contribution is 7.88. The van der Waals surface area contributed by atoms with Crippen molar-refractivity contribution in [3.8, 4) is 11.5 Å². The number of methoxy groups -OCH3 is 2. The van der Waals surface area contributed by atoms with Gasteiger partial charge in [0.15, 0.2) is 11.5 Å². The quantitative estimate of drug-likeness (QED) is 0.824. The van der Waals surface area contributed by atoms with Crippen molar-refractivity contribution in [2.45, 2.75) is 32.0 Å². The normalized spacial score (nSPS) is 22.9. The Balaban J connectivity index is 1.74. The molecule has 3 rings (SSSR count). The van der Waals surface area contributed by atoms with Crippen LogP contribution in [0.4, 0.5) is 0 Å². The van der Waals surface area contributed by atoms with Crippen molar-refractivity contribution >= 4 is 10.0 Å². The van der Waals surface area contributed by atoms with E-state index in [9.17, 15) is 8.42 Å². The van der Waals surface area contributed by atoms with Crippen LogP contribution in [0.2, 0.25) is 0 Å². The second-order valence-corrected chi connectivity index (χ2v) is 8.47. The zero-order valence-electron chi connectivity index (χ0n) is 14.4. The largest absolute Gasteiger partial charge is 0.493 e. The Bertz CT molecular complexity index is 695. The maximum absolute atomic E-state index is 11.7. The summed E-state index contributed by atoms with van der Waals surface area (Å²) in [5.74, 6) is 1.90. The number of rotatable bonds is 4. The number of nitrogens with zero attached hydrogens (tertiary/aromatic N) is 1. The molecule has 1 fully saturated rings. The number of sulfonamides is 1. The first kappa shape index (κ1) is 17.5. The molecule has 0 N–H and O–H groups in total. The number of ether oxygens (including phenoxy) is 3. The Morgan fingerprint density at radius 1 is 1.17 bits per heavy atom. The van der Waals surface area contributed by atoms with E-state index in [0.717, 1.165) is 41.9 Å². The molecule has 0 radical (unpaired) electrons. The zero-order chi connectivity index (χ0) is 17.3. The molecule has 0 bridgehead atoms. The molecule has 134 valence electrons. The molecule has 0 amide bonds. The molecule has 6 nitrogen and oxygen atoms in total. The van der Waals surface area contributed by atoms with Gasteiger partial charge in [0.05, 0.1) is 33.2 Å². The predicted molar refractivity (Wildman–Crippen MR) is 91.0 cm³/mol. The summed E-state index contributed by atoms with van der Waals surface area (Å²) in [4.78, 5) is 0. The molecule has 1 atom stereocenters. The summed E-state index contributed by atoms with van der Waals surface area (Å²) in [5.41, 5.74) is 2.29. The van der Waals surface area contributed by atoms with Crippen LogP contribution in [0, 0.1) is 5.92 Å². The van der Waals surface area contributed by atoms with Crippen LogP contribution in [-0.2, 0) is 27.8 Å². The van der Waals surface area contributed by atoms with E-state index in [1.807, 2.05) is 12.1 Å². The van der Waals surface area contributed by atoms with Crippen LogP contribution in [0.15, 0.2) is 12.1 Å². The molecule has 1 unspecified atom stereocenters. The Morgan fingerprint density at radius 3 is 2.46 bits per heavy atom. The highest BCUT2D eigenvalue weighted by Crippen LogP contribution is 2.39. The summed E-state index contributed by atoms with van der Waals surface area (Å²) < 4.78 is 41.9. The number of hydrogen-bond acceptors (Lipinski definition) is 5. The van der Waals surface area contributed by atoms with Gasteiger partial charge in [-0.15, -0.1) is 0 Å². The highest BCUT2D eigenvalue weighted by atomic mass is 32.2. The molecule has 1 aromatic rings. The van der Waals surface area contributed by atoms with E-state index in [1.54, 1.807) is 18.5 Å². The van der Waals surface area contributed by atoms with Crippen LogP contribution in [0.5, 0.6) is 11.5 Å². The monoisotopic (exact) mass is 355 g/mol. The third-order valence-electron chi connectivity index (χ3n) is 5.10. The Labute approximate surface area is 143 Å². The Hall–Kier alpha value is -1.31. The number of piperidine rings is 1. The van der Waals surface area contributed by atoms with Gasteiger partial charge in [0, 0.05) is 25.1 Å². The molecule has 24 heavy (non-hydrogen) atoms. The summed E-state index contributed by atoms with van der Waals surface area (Å²) in [5, 5.41) is 0. The van der Waals surface area contributed by atoms with Gasteiger partial charge in [0.1, 0.15) is 0 Å². The van der Waals surface area contributed by atoms with Gasteiger partial charge >= 0.3 is 0 Å². The van der Waals surface area contributed by atoms with Crippen LogP contribution in [0.25, 0.3) is 0 Å². The molecule has 1 aromatic carbocycles. The lowest BCUT2D eigenvalue weighted by Crippen LogP contribution is -2.42. The van der Waals surface area contributed by atoms with Crippen molar-refractivity contribution in [1.82, 2.24) is 4.31 Å². The fraction of sp³-hybridized carbons (Fsp3) is 0.647. The first-order chi connectivity index (χ1) is 11.4. The molecule has 0 aromatic heterocycles. The summed E-state index contributed by atoms with van der Waals surface area (Å²) in [7, 11) is 0.208. The molecular formula is C17H25NO5S. The van der Waals surface area contributed by atoms with Gasteiger partial charge in [-0.1, -0.05) is 6.07 Å². The molecule has 2 heterocycles. The second-order valence-electron chi connectivity index (χ2n) is 6.49. The predicted octanol–water partition coefficient (Wildman–Crippen LogP) is 1.82. The summed E-state index contributed by atoms with van der Waals surface area (Å²) in [6.07, 6.45) is 3.82. The molecule has 0 aliphatic carbocycles. The van der Waals surface area contributed by atoms with Crippen molar-refractivity contribution in [2.75, 3.05) is 33.6 Å². The summed E-state index contributed by atoms with van der Waals surface area (Å²) in [6, 6.07) is 3.94. The first-order valence-corrected chi connectivity index (χ1v) is 10.1. The molecular weight excluding hydrogens is 330 g/mol. The van der Waals surface area contributed by atoms with Crippen LogP contribution in [-0.4, -0.2) is 52.4 Å². The third kappa shape index (κ3) is 3.38. The van der Waals surface area contributed by atoms with Gasteiger partial charge in [-0.2, -0.15) is 0 Å². The van der Waals surface area contributed by atoms with Crippen LogP contribution in [0.3, 0.4) is 0 Å². The van der Waals surface area contributed by atoms with E-state index in [2.05, 4.69) is 0 Å². The van der Waals surface area contributed by atoms with E-state index < -0.39 is 10.0 Å². The summed E-state index contributed by atoms with van der Waals surface area (Å²) >= 11 is 0. The van der Waals surface area contributed by atoms with Gasteiger partial charge in [-0.05, 0) is 30.4 Å². The number of hydrogen-bond donors (Lipinski definition) is 0. The molecule has 0 saturated carbocycles. The van der Waals surface area contributed by atoms with Crippen molar-refractivity contribution in [1.29, 1.82) is 0 Å². The van der Waals surface area contributed by atoms with Gasteiger partial charge < -0.3 is 14.2 Å². The third-order valence-corrected chi connectivity index (χ3v) is 6.40. The smallest absolute Gasteiger partial charge is 0.211 e. The van der Waals surface area contributed by atoms with E-state index in [1.165, 1.54) is 6.26 Å². The first-order valence-electron chi connectivity index (χ1n) is 8.23. The fourth-order valence-corrected chi connectivity index (χ4v) is 4.60. The van der Waals surface area contributed by atoms with Crippen molar-refractivity contribution in [2.24, 2.45) is 5.92 Å². The minimum absolute atomic E-state index is 0.0974. The lowest BCUT2D eigenvalue weighted by atomic mass is 9.85. The topological polar surface area (TPSA) is 65.1 Å². The lowest BCUT2D eigenvalue weighted by Gasteiger charge is -2.37. The molecule has 2 aliphatic heterocycles. The molecule has 7 heteroatoms. The van der Waals surface area contributed by atoms with Crippen molar-refractivity contribution < 1.29 is 22.6 Å². The standard InChI is InChI=1S/C17H25NO5S/c1-21-15-5-4-13-11-23-16(10-14(13)17(15)22-2)12-6-8-18(9-7-12)24(3,19)20/h4-5,12,16H,6-11H2,1-3H3. The fourth-order valence-electron chi connectivity index (χ4n) is 3.73. The van der Waals surface area contributed by atoms with Gasteiger partial charge in [-0.25, -0.2) is 12.7 Å². The van der Waals surface area contributed by atoms with Gasteiger partial charge in [0.25, 0.3) is 0 Å². The number of benzene rings is 1. The highest BCUT2D eigenvalue weighted by Gasteiger charge is 2.34. The van der Waals surface area contributed by atoms with E-state index in [4.69, 9.17) is 14.2 Å². The SMILES string of the molecule is COc1ccc2c(c1OC)CC(C1CCN(S(C)(=O)=O)CC1)OC2. The van der Waals surface area contributed by atoms with Crippen molar-refractivity contribution in [3.05, 3.63) is 23.3 Å². The molecule has 0 spiro atoms. The van der Waals surface area contributed by atoms with Crippen LogP contribution >= 0.6 is 0 Å². The molecule has 1 saturated heterocycles. The van der Waals surface area contributed by atoms with Crippen LogP contribution in [0.1, 0.15) is 24.0 Å². The van der Waals surface area contributed by atoms with E-state index in [0.29, 0.717) is 25.6 Å². The second kappa shape index (κ2) is 6.90.